The maximum absolute atomic E-state index is 13.2. The van der Waals surface area contributed by atoms with Crippen molar-refractivity contribution in [3.63, 3.8) is 0 Å². The van der Waals surface area contributed by atoms with E-state index in [4.69, 9.17) is 23.8 Å². The number of anilines is 1. The van der Waals surface area contributed by atoms with Gasteiger partial charge < -0.3 is 10.4 Å². The summed E-state index contributed by atoms with van der Waals surface area (Å²) in [5, 5.41) is 14.5. The van der Waals surface area contributed by atoms with Gasteiger partial charge in [-0.25, -0.2) is 4.39 Å². The summed E-state index contributed by atoms with van der Waals surface area (Å²) in [5.74, 6) is -0.440. The molecule has 2 N–H and O–H groups in total. The van der Waals surface area contributed by atoms with Gasteiger partial charge in [-0.3, -0.25) is 0 Å². The number of pyridine rings is 1. The first-order valence-electron chi connectivity index (χ1n) is 7.77. The lowest BCUT2D eigenvalue weighted by Gasteiger charge is -2.10. The van der Waals surface area contributed by atoms with Gasteiger partial charge in [0.05, 0.1) is 0 Å². The molecule has 0 fully saturated rings. The Bertz CT molecular complexity index is 942. The first kappa shape index (κ1) is 18.0. The minimum atomic E-state index is -0.377. The Morgan fingerprint density at radius 1 is 0.962 bits per heavy atom. The molecular weight excluding hydrogens is 371 g/mol. The quantitative estimate of drug-likeness (QED) is 0.284. The topological polar surface area (TPSA) is 36.1 Å². The molecule has 3 aromatic rings. The monoisotopic (exact) mass is 385 g/mol. The van der Waals surface area contributed by atoms with Crippen molar-refractivity contribution in [3.8, 4) is 0 Å². The Morgan fingerprint density at radius 2 is 1.58 bits per heavy atom. The summed E-state index contributed by atoms with van der Waals surface area (Å²) in [5.41, 5.74) is 1.57. The highest BCUT2D eigenvalue weighted by Gasteiger charge is 2.23. The van der Waals surface area contributed by atoms with Crippen LogP contribution in [0.4, 0.5) is 10.1 Å². The molecule has 2 aromatic carbocycles. The van der Waals surface area contributed by atoms with Crippen LogP contribution >= 0.6 is 23.8 Å². The molecule has 1 aromatic heterocycles. The van der Waals surface area contributed by atoms with Crippen molar-refractivity contribution < 1.29 is 14.1 Å². The van der Waals surface area contributed by atoms with Crippen LogP contribution in [0.2, 0.25) is 5.02 Å². The average molecular weight is 386 g/mol. The standard InChI is InChI=1S/C20H14ClFN2OS/c21-15-6-10-17(11-7-15)23-20(26)18(24-12-2-1-3-13-24)19(25)14-4-8-16(22)9-5-14/h1-13H,(H-,23,25,26)/p+1. The van der Waals surface area contributed by atoms with Crippen LogP contribution in [-0.4, -0.2) is 10.1 Å². The maximum atomic E-state index is 13.2. The molecule has 0 aliphatic heterocycles. The van der Waals surface area contributed by atoms with Gasteiger partial charge in [-0.15, -0.1) is 0 Å². The van der Waals surface area contributed by atoms with Gasteiger partial charge in [0.25, 0.3) is 5.70 Å². The Morgan fingerprint density at radius 3 is 2.19 bits per heavy atom. The van der Waals surface area contributed by atoms with Gasteiger partial charge in [-0.2, -0.15) is 4.57 Å². The normalized spacial score (nSPS) is 11.6. The van der Waals surface area contributed by atoms with Gasteiger partial charge in [0.15, 0.2) is 23.1 Å². The van der Waals surface area contributed by atoms with E-state index in [1.807, 2.05) is 18.2 Å². The van der Waals surface area contributed by atoms with E-state index in [1.54, 1.807) is 41.2 Å². The van der Waals surface area contributed by atoms with Gasteiger partial charge in [-0.1, -0.05) is 29.9 Å². The molecule has 130 valence electrons. The number of aliphatic hydroxyl groups is 1. The van der Waals surface area contributed by atoms with Crippen molar-refractivity contribution in [1.82, 2.24) is 0 Å². The molecule has 26 heavy (non-hydrogen) atoms. The zero-order chi connectivity index (χ0) is 18.5. The number of hydrogen-bond acceptors (Lipinski definition) is 2. The summed E-state index contributed by atoms with van der Waals surface area (Å²) < 4.78 is 14.9. The average Bonchev–Trinajstić information content (AvgIpc) is 2.65. The summed E-state index contributed by atoms with van der Waals surface area (Å²) in [4.78, 5) is 0.311. The molecule has 0 saturated heterocycles. The predicted molar refractivity (Wildman–Crippen MR) is 106 cm³/mol. The van der Waals surface area contributed by atoms with E-state index in [0.717, 1.165) is 5.69 Å². The zero-order valence-corrected chi connectivity index (χ0v) is 15.1. The van der Waals surface area contributed by atoms with Crippen molar-refractivity contribution in [3.05, 3.63) is 95.5 Å². The van der Waals surface area contributed by atoms with E-state index < -0.39 is 0 Å². The number of thiocarbonyl (C=S) groups is 1. The van der Waals surface area contributed by atoms with Gasteiger partial charge in [-0.05, 0) is 48.5 Å². The lowest BCUT2D eigenvalue weighted by Crippen LogP contribution is -2.38. The highest BCUT2D eigenvalue weighted by molar-refractivity contribution is 7.81. The van der Waals surface area contributed by atoms with E-state index >= 15 is 0 Å². The van der Waals surface area contributed by atoms with Crippen molar-refractivity contribution in [2.75, 3.05) is 5.32 Å². The van der Waals surface area contributed by atoms with Gasteiger partial charge in [0.1, 0.15) is 5.82 Å². The number of aromatic nitrogens is 1. The number of hydrogen-bond donors (Lipinski definition) is 2. The molecular formula is C20H15ClFN2OS+. The number of rotatable bonds is 4. The minimum Gasteiger partial charge on any atom is -0.502 e. The Hall–Kier alpha value is -2.76. The van der Waals surface area contributed by atoms with Gasteiger partial charge in [0.2, 0.25) is 0 Å². The third-order valence-electron chi connectivity index (χ3n) is 3.63. The molecule has 3 nitrogen and oxygen atoms in total. The van der Waals surface area contributed by atoms with Crippen LogP contribution < -0.4 is 9.88 Å². The highest BCUT2D eigenvalue weighted by atomic mass is 35.5. The largest absolute Gasteiger partial charge is 0.502 e. The lowest BCUT2D eigenvalue weighted by molar-refractivity contribution is -0.575. The van der Waals surface area contributed by atoms with Gasteiger partial charge in [0, 0.05) is 28.4 Å². The second-order valence-corrected chi connectivity index (χ2v) is 6.29. The molecule has 0 radical (unpaired) electrons. The lowest BCUT2D eigenvalue weighted by atomic mass is 10.1. The van der Waals surface area contributed by atoms with Crippen LogP contribution in [0.15, 0.2) is 79.1 Å². The molecule has 0 bridgehead atoms. The Labute approximate surface area is 161 Å². The van der Waals surface area contributed by atoms with Crippen molar-refractivity contribution in [2.24, 2.45) is 0 Å². The predicted octanol–water partition coefficient (Wildman–Crippen LogP) is 5.09. The summed E-state index contributed by atoms with van der Waals surface area (Å²) in [6, 6.07) is 18.1. The summed E-state index contributed by atoms with van der Waals surface area (Å²) in [6.45, 7) is 0. The smallest absolute Gasteiger partial charge is 0.288 e. The Balaban J connectivity index is 2.03. The molecule has 0 atom stereocenters. The van der Waals surface area contributed by atoms with Crippen LogP contribution in [0.25, 0.3) is 11.5 Å². The van der Waals surface area contributed by atoms with Crippen molar-refractivity contribution in [1.29, 1.82) is 0 Å². The van der Waals surface area contributed by atoms with E-state index in [0.29, 0.717) is 21.3 Å². The van der Waals surface area contributed by atoms with Crippen molar-refractivity contribution in [2.45, 2.75) is 0 Å². The van der Waals surface area contributed by atoms with Crippen LogP contribution in [0, 0.1) is 5.82 Å². The fourth-order valence-electron chi connectivity index (χ4n) is 2.36. The van der Waals surface area contributed by atoms with E-state index in [1.165, 1.54) is 24.3 Å². The number of benzene rings is 2. The fourth-order valence-corrected chi connectivity index (χ4v) is 2.81. The molecule has 0 saturated carbocycles. The molecule has 1 heterocycles. The van der Waals surface area contributed by atoms with E-state index in [-0.39, 0.29) is 11.6 Å². The summed E-state index contributed by atoms with van der Waals surface area (Å²) in [6.07, 6.45) is 3.54. The summed E-state index contributed by atoms with van der Waals surface area (Å²) in [7, 11) is 0. The molecule has 0 unspecified atom stereocenters. The number of nitrogens with one attached hydrogen (secondary N) is 1. The second-order valence-electron chi connectivity index (χ2n) is 5.45. The first-order valence-corrected chi connectivity index (χ1v) is 8.56. The van der Waals surface area contributed by atoms with E-state index in [9.17, 15) is 9.50 Å². The van der Waals surface area contributed by atoms with Crippen LogP contribution in [0.3, 0.4) is 0 Å². The van der Waals surface area contributed by atoms with E-state index in [2.05, 4.69) is 5.32 Å². The number of aliphatic hydroxyl groups excluding tert-OH is 1. The molecule has 6 heteroatoms. The number of halogens is 2. The third kappa shape index (κ3) is 4.25. The molecule has 0 aliphatic carbocycles. The minimum absolute atomic E-state index is 0.0623. The fraction of sp³-hybridized carbons (Fsp3) is 0. The molecule has 0 aliphatic rings. The summed E-state index contributed by atoms with van der Waals surface area (Å²) >= 11 is 11.4. The van der Waals surface area contributed by atoms with Crippen LogP contribution in [0.1, 0.15) is 5.56 Å². The van der Waals surface area contributed by atoms with Crippen molar-refractivity contribution >= 4 is 46.0 Å². The number of nitrogens with zero attached hydrogens (tertiary/aromatic N) is 1. The maximum Gasteiger partial charge on any atom is 0.288 e. The SMILES string of the molecule is O/C(=C(\C(=S)Nc1ccc(Cl)cc1)[n+]1ccccc1)c1ccc(F)cc1. The zero-order valence-electron chi connectivity index (χ0n) is 13.6. The molecule has 0 spiro atoms. The third-order valence-corrected chi connectivity index (χ3v) is 4.18. The highest BCUT2D eigenvalue weighted by Crippen LogP contribution is 2.20. The first-order chi connectivity index (χ1) is 12.5. The Kier molecular flexibility index (Phi) is 5.61. The van der Waals surface area contributed by atoms with Crippen LogP contribution in [-0.2, 0) is 0 Å². The van der Waals surface area contributed by atoms with Crippen LogP contribution in [0.5, 0.6) is 0 Å². The van der Waals surface area contributed by atoms with Gasteiger partial charge >= 0.3 is 0 Å². The molecule has 3 rings (SSSR count). The molecule has 0 amide bonds. The second kappa shape index (κ2) is 8.08.